The van der Waals surface area contributed by atoms with Gasteiger partial charge in [-0.15, -0.1) is 0 Å². The van der Waals surface area contributed by atoms with Gasteiger partial charge < -0.3 is 15.1 Å². The number of rotatable bonds is 0. The highest BCUT2D eigenvalue weighted by Gasteiger charge is 2.61. The molecule has 0 spiro atoms. The van der Waals surface area contributed by atoms with E-state index < -0.39 is 12.2 Å². The number of fused-ring (bicyclic) bond motifs is 1. The Morgan fingerprint density at radius 1 is 1.21 bits per heavy atom. The quantitative estimate of drug-likeness (QED) is 0.661. The number of amides is 2. The van der Waals surface area contributed by atoms with Gasteiger partial charge >= 0.3 is 12.2 Å². The van der Waals surface area contributed by atoms with Crippen LogP contribution in [0, 0.1) is 5.92 Å². The van der Waals surface area contributed by atoms with Gasteiger partial charge in [0.05, 0.1) is 6.54 Å². The largest absolute Gasteiger partial charge is 0.514 e. The Morgan fingerprint density at radius 2 is 1.84 bits per heavy atom. The third-order valence-electron chi connectivity index (χ3n) is 4.92. The van der Waals surface area contributed by atoms with Gasteiger partial charge in [-0.05, 0) is 20.8 Å². The van der Waals surface area contributed by atoms with Crippen molar-refractivity contribution < 1.29 is 24.3 Å². The first-order valence-corrected chi connectivity index (χ1v) is 6.79. The van der Waals surface area contributed by atoms with Gasteiger partial charge in [-0.25, -0.2) is 9.28 Å². The lowest BCUT2D eigenvalue weighted by molar-refractivity contribution is -0.917. The Balaban J connectivity index is 2.28. The highest BCUT2D eigenvalue weighted by Crippen LogP contribution is 2.43. The third kappa shape index (κ3) is 1.98. The predicted octanol–water partition coefficient (Wildman–Crippen LogP) is 2.05. The molecule has 2 amide bonds. The first-order chi connectivity index (χ1) is 8.70. The summed E-state index contributed by atoms with van der Waals surface area (Å²) >= 11 is 0. The van der Waals surface area contributed by atoms with Crippen molar-refractivity contribution in [2.45, 2.75) is 45.2 Å². The van der Waals surface area contributed by atoms with E-state index in [1.54, 1.807) is 0 Å². The van der Waals surface area contributed by atoms with Crippen LogP contribution in [-0.2, 0) is 0 Å². The molecule has 2 rings (SSSR count). The zero-order chi connectivity index (χ0) is 14.4. The molecule has 19 heavy (non-hydrogen) atoms. The number of hydrogen-bond acceptors (Lipinski definition) is 2. The summed E-state index contributed by atoms with van der Waals surface area (Å²) in [5.74, 6) is 0.167. The lowest BCUT2D eigenvalue weighted by Crippen LogP contribution is -2.68. The number of nitrogens with zero attached hydrogens (tertiary/aromatic N) is 2. The normalized spacial score (nSPS) is 35.0. The van der Waals surface area contributed by atoms with Gasteiger partial charge in [0.15, 0.2) is 0 Å². The number of quaternary nitrogens is 1. The molecule has 6 nitrogen and oxygen atoms in total. The molecule has 0 aliphatic carbocycles. The van der Waals surface area contributed by atoms with Crippen LogP contribution in [0.25, 0.3) is 0 Å². The summed E-state index contributed by atoms with van der Waals surface area (Å²) in [5.41, 5.74) is -0.364. The zero-order valence-corrected chi connectivity index (χ0v) is 11.8. The summed E-state index contributed by atoms with van der Waals surface area (Å²) in [7, 11) is 0. The van der Waals surface area contributed by atoms with Gasteiger partial charge in [-0.3, -0.25) is 0 Å². The highest BCUT2D eigenvalue weighted by molar-refractivity contribution is 5.65. The van der Waals surface area contributed by atoms with Crippen molar-refractivity contribution in [2.75, 3.05) is 19.6 Å². The predicted molar refractivity (Wildman–Crippen MR) is 69.0 cm³/mol. The maximum atomic E-state index is 11.9. The van der Waals surface area contributed by atoms with E-state index >= 15 is 0 Å². The Bertz CT molecular complexity index is 404. The van der Waals surface area contributed by atoms with Crippen molar-refractivity contribution in [3.05, 3.63) is 0 Å². The van der Waals surface area contributed by atoms with E-state index in [1.165, 1.54) is 4.90 Å². The standard InChI is InChI=1S/C13H22N2O4/c1-13(2,3)15(12(18)19)7-5-9-8-14(11(16)17)6-4-10(9)15/h9-10H,4-8H2,1-3H3,(H-,16,17,18,19)/p+1. The van der Waals surface area contributed by atoms with Crippen LogP contribution >= 0.6 is 0 Å². The van der Waals surface area contributed by atoms with Crippen molar-refractivity contribution in [3.63, 3.8) is 0 Å². The highest BCUT2D eigenvalue weighted by atomic mass is 16.4. The summed E-state index contributed by atoms with van der Waals surface area (Å²) < 4.78 is 0.0745. The number of piperidine rings is 1. The monoisotopic (exact) mass is 271 g/mol. The Labute approximate surface area is 113 Å². The van der Waals surface area contributed by atoms with E-state index in [0.717, 1.165) is 6.42 Å². The first-order valence-electron chi connectivity index (χ1n) is 6.79. The van der Waals surface area contributed by atoms with Gasteiger partial charge in [0.25, 0.3) is 0 Å². The van der Waals surface area contributed by atoms with Crippen molar-refractivity contribution in [3.8, 4) is 0 Å². The van der Waals surface area contributed by atoms with E-state index in [4.69, 9.17) is 5.11 Å². The molecule has 2 aliphatic heterocycles. The summed E-state index contributed by atoms with van der Waals surface area (Å²) in [6.45, 7) is 7.41. The molecule has 0 radical (unpaired) electrons. The molecule has 2 heterocycles. The second-order valence-electron chi connectivity index (χ2n) is 6.68. The molecule has 0 aromatic carbocycles. The van der Waals surface area contributed by atoms with Crippen LogP contribution < -0.4 is 0 Å². The van der Waals surface area contributed by atoms with Crippen LogP contribution in [-0.4, -0.2) is 63.0 Å². The van der Waals surface area contributed by atoms with E-state index in [0.29, 0.717) is 26.1 Å². The van der Waals surface area contributed by atoms with Crippen LogP contribution in [0.15, 0.2) is 0 Å². The summed E-state index contributed by atoms with van der Waals surface area (Å²) in [4.78, 5) is 24.3. The van der Waals surface area contributed by atoms with Crippen molar-refractivity contribution >= 4 is 12.2 Å². The lowest BCUT2D eigenvalue weighted by Gasteiger charge is -2.47. The zero-order valence-electron chi connectivity index (χ0n) is 11.8. The Morgan fingerprint density at radius 3 is 2.32 bits per heavy atom. The Kier molecular flexibility index (Phi) is 3.24. The number of likely N-dealkylation sites (tertiary alicyclic amines) is 2. The van der Waals surface area contributed by atoms with Gasteiger partial charge in [0.1, 0.15) is 11.6 Å². The first kappa shape index (κ1) is 14.1. The summed E-state index contributed by atoms with van der Waals surface area (Å²) in [5, 5.41) is 18.8. The van der Waals surface area contributed by atoms with Crippen LogP contribution in [0.4, 0.5) is 9.59 Å². The molecule has 2 saturated heterocycles. The Hall–Kier alpha value is -1.30. The van der Waals surface area contributed by atoms with Gasteiger partial charge in [-0.1, -0.05) is 0 Å². The molecule has 0 bridgehead atoms. The average Bonchev–Trinajstić information content (AvgIpc) is 2.67. The van der Waals surface area contributed by atoms with Crippen LogP contribution in [0.2, 0.25) is 0 Å². The average molecular weight is 271 g/mol. The van der Waals surface area contributed by atoms with Gasteiger partial charge in [-0.2, -0.15) is 4.79 Å². The number of carboxylic acid groups (broad SMARTS) is 2. The fraction of sp³-hybridized carbons (Fsp3) is 0.846. The van der Waals surface area contributed by atoms with Gasteiger partial charge in [0.2, 0.25) is 0 Å². The minimum Gasteiger partial charge on any atom is -0.465 e. The SMILES string of the molecule is CC(C)(C)[N+]1(C(=O)O)CCC2CN(C(=O)O)CCC21. The van der Waals surface area contributed by atoms with Crippen molar-refractivity contribution in [1.82, 2.24) is 4.90 Å². The molecule has 2 fully saturated rings. The molecule has 3 atom stereocenters. The van der Waals surface area contributed by atoms with E-state index in [2.05, 4.69) is 0 Å². The molecule has 2 aliphatic rings. The minimum absolute atomic E-state index is 0.0353. The van der Waals surface area contributed by atoms with E-state index in [9.17, 15) is 14.7 Å². The molecule has 0 aromatic heterocycles. The molecule has 2 N–H and O–H groups in total. The van der Waals surface area contributed by atoms with Gasteiger partial charge in [0, 0.05) is 31.8 Å². The topological polar surface area (TPSA) is 77.8 Å². The second kappa shape index (κ2) is 4.37. The van der Waals surface area contributed by atoms with Crippen LogP contribution in [0.1, 0.15) is 33.6 Å². The smallest absolute Gasteiger partial charge is 0.465 e. The van der Waals surface area contributed by atoms with Crippen molar-refractivity contribution in [1.29, 1.82) is 0 Å². The summed E-state index contributed by atoms with van der Waals surface area (Å²) in [6.07, 6.45) is -0.239. The van der Waals surface area contributed by atoms with Crippen LogP contribution in [0.3, 0.4) is 0 Å². The number of hydrogen-bond donors (Lipinski definition) is 2. The maximum absolute atomic E-state index is 11.9. The van der Waals surface area contributed by atoms with E-state index in [1.807, 2.05) is 20.8 Å². The molecule has 0 aromatic rings. The minimum atomic E-state index is -0.894. The fourth-order valence-corrected chi connectivity index (χ4v) is 3.95. The van der Waals surface area contributed by atoms with Crippen molar-refractivity contribution in [2.24, 2.45) is 5.92 Å². The molecular weight excluding hydrogens is 248 g/mol. The number of carbonyl (C=O) groups is 2. The molecule has 6 heteroatoms. The fourth-order valence-electron chi connectivity index (χ4n) is 3.95. The molecule has 108 valence electrons. The van der Waals surface area contributed by atoms with Crippen LogP contribution in [0.5, 0.6) is 0 Å². The summed E-state index contributed by atoms with van der Waals surface area (Å²) in [6, 6.07) is 0.0353. The second-order valence-corrected chi connectivity index (χ2v) is 6.68. The molecule has 3 unspecified atom stereocenters. The lowest BCUT2D eigenvalue weighted by atomic mass is 9.89. The molecular formula is C13H23N2O4+. The molecule has 0 saturated carbocycles. The third-order valence-corrected chi connectivity index (χ3v) is 4.92. The maximum Gasteiger partial charge on any atom is 0.514 e. The van der Waals surface area contributed by atoms with E-state index in [-0.39, 0.29) is 22.0 Å².